The van der Waals surface area contributed by atoms with Gasteiger partial charge in [-0.2, -0.15) is 0 Å². The van der Waals surface area contributed by atoms with Crippen LogP contribution in [0.1, 0.15) is 20.7 Å². The van der Waals surface area contributed by atoms with Gasteiger partial charge in [0.2, 0.25) is 0 Å². The van der Waals surface area contributed by atoms with Gasteiger partial charge in [-0.05, 0) is 36.4 Å². The minimum Gasteiger partial charge on any atom is -0.465 e. The van der Waals surface area contributed by atoms with Crippen LogP contribution in [0.15, 0.2) is 36.4 Å². The Labute approximate surface area is 137 Å². The second kappa shape index (κ2) is 6.68. The first-order chi connectivity index (χ1) is 10.4. The Hall–Kier alpha value is -2.24. The second-order valence-corrected chi connectivity index (χ2v) is 5.19. The fraction of sp³-hybridized carbons (Fsp3) is 0.0667. The van der Waals surface area contributed by atoms with Gasteiger partial charge in [-0.3, -0.25) is 4.79 Å². The second-order valence-electron chi connectivity index (χ2n) is 4.38. The molecule has 7 heteroatoms. The first-order valence-corrected chi connectivity index (χ1v) is 6.92. The number of nitrogens with two attached hydrogens (primary N) is 1. The number of rotatable bonds is 3. The van der Waals surface area contributed by atoms with Gasteiger partial charge in [-0.15, -0.1) is 0 Å². The Morgan fingerprint density at radius 3 is 2.05 bits per heavy atom. The molecule has 0 saturated heterocycles. The van der Waals surface area contributed by atoms with E-state index in [1.54, 1.807) is 0 Å². The van der Waals surface area contributed by atoms with Crippen LogP contribution in [-0.4, -0.2) is 19.0 Å². The number of carbonyl (C=O) groups excluding carboxylic acids is 2. The average molecular weight is 339 g/mol. The summed E-state index contributed by atoms with van der Waals surface area (Å²) >= 11 is 11.8. The molecule has 114 valence electrons. The molecule has 2 aromatic rings. The van der Waals surface area contributed by atoms with Gasteiger partial charge in [0.1, 0.15) is 0 Å². The number of esters is 1. The van der Waals surface area contributed by atoms with Gasteiger partial charge in [0.15, 0.2) is 0 Å². The number of amides is 1. The van der Waals surface area contributed by atoms with E-state index in [9.17, 15) is 9.59 Å². The van der Waals surface area contributed by atoms with E-state index >= 15 is 0 Å². The summed E-state index contributed by atoms with van der Waals surface area (Å²) in [5, 5.41) is 3.16. The van der Waals surface area contributed by atoms with Crippen LogP contribution in [0.25, 0.3) is 0 Å². The molecule has 0 unspecified atom stereocenters. The highest BCUT2D eigenvalue weighted by atomic mass is 35.5. The fourth-order valence-corrected chi connectivity index (χ4v) is 2.22. The number of nitrogens with one attached hydrogen (secondary N) is 1. The van der Waals surface area contributed by atoms with Gasteiger partial charge in [-0.1, -0.05) is 23.2 Å². The highest BCUT2D eigenvalue weighted by Crippen LogP contribution is 2.31. The highest BCUT2D eigenvalue weighted by Gasteiger charge is 2.11. The predicted molar refractivity (Wildman–Crippen MR) is 86.6 cm³/mol. The zero-order valence-electron chi connectivity index (χ0n) is 11.5. The summed E-state index contributed by atoms with van der Waals surface area (Å²) in [6.45, 7) is 0. The van der Waals surface area contributed by atoms with Crippen LogP contribution in [0.2, 0.25) is 10.0 Å². The van der Waals surface area contributed by atoms with Gasteiger partial charge in [0.25, 0.3) is 5.91 Å². The largest absolute Gasteiger partial charge is 0.465 e. The van der Waals surface area contributed by atoms with Crippen molar-refractivity contribution in [2.24, 2.45) is 0 Å². The lowest BCUT2D eigenvalue weighted by Crippen LogP contribution is -2.12. The molecule has 2 aromatic carbocycles. The molecule has 1 amide bonds. The number of carbonyl (C=O) groups is 2. The molecular weight excluding hydrogens is 327 g/mol. The standard InChI is InChI=1S/C15H12Cl2N2O3/c1-22-15(21)9-4-2-8(3-5-9)14(20)19-10-6-11(16)13(18)12(17)7-10/h2-7H,18H2,1H3,(H,19,20). The molecule has 0 aromatic heterocycles. The summed E-state index contributed by atoms with van der Waals surface area (Å²) in [5.74, 6) is -0.836. The van der Waals surface area contributed by atoms with E-state index in [0.717, 1.165) is 0 Å². The van der Waals surface area contributed by atoms with Crippen LogP contribution in [0.4, 0.5) is 11.4 Å². The zero-order chi connectivity index (χ0) is 16.3. The first-order valence-electron chi connectivity index (χ1n) is 6.16. The Morgan fingerprint density at radius 1 is 1.05 bits per heavy atom. The lowest BCUT2D eigenvalue weighted by atomic mass is 10.1. The maximum Gasteiger partial charge on any atom is 0.337 e. The van der Waals surface area contributed by atoms with E-state index in [1.807, 2.05) is 0 Å². The van der Waals surface area contributed by atoms with E-state index in [1.165, 1.54) is 43.5 Å². The van der Waals surface area contributed by atoms with Crippen molar-refractivity contribution in [2.75, 3.05) is 18.2 Å². The number of nitrogen functional groups attached to an aromatic ring is 1. The van der Waals surface area contributed by atoms with E-state index in [2.05, 4.69) is 10.1 Å². The SMILES string of the molecule is COC(=O)c1ccc(C(=O)Nc2cc(Cl)c(N)c(Cl)c2)cc1. The third-order valence-electron chi connectivity index (χ3n) is 2.91. The average Bonchev–Trinajstić information content (AvgIpc) is 2.51. The molecule has 0 saturated carbocycles. The maximum absolute atomic E-state index is 12.1. The van der Waals surface area contributed by atoms with Crippen LogP contribution >= 0.6 is 23.2 Å². The Balaban J connectivity index is 2.17. The topological polar surface area (TPSA) is 81.4 Å². The minimum atomic E-state index is -0.468. The summed E-state index contributed by atoms with van der Waals surface area (Å²) < 4.78 is 4.59. The first kappa shape index (κ1) is 16.1. The van der Waals surface area contributed by atoms with Gasteiger partial charge in [0, 0.05) is 11.3 Å². The van der Waals surface area contributed by atoms with Crippen LogP contribution in [-0.2, 0) is 4.74 Å². The highest BCUT2D eigenvalue weighted by molar-refractivity contribution is 6.39. The van der Waals surface area contributed by atoms with Crippen LogP contribution in [0.3, 0.4) is 0 Å². The molecule has 0 aliphatic carbocycles. The molecule has 3 N–H and O–H groups in total. The van der Waals surface area contributed by atoms with Crippen molar-refractivity contribution in [3.05, 3.63) is 57.6 Å². The number of benzene rings is 2. The Kier molecular flexibility index (Phi) is 4.90. The van der Waals surface area contributed by atoms with E-state index in [-0.39, 0.29) is 21.6 Å². The summed E-state index contributed by atoms with van der Waals surface area (Å²) in [7, 11) is 1.29. The van der Waals surface area contributed by atoms with Crippen molar-refractivity contribution in [1.82, 2.24) is 0 Å². The van der Waals surface area contributed by atoms with Crippen molar-refractivity contribution in [3.63, 3.8) is 0 Å². The Bertz CT molecular complexity index is 707. The molecule has 0 aliphatic heterocycles. The number of hydrogen-bond acceptors (Lipinski definition) is 4. The van der Waals surface area contributed by atoms with Crippen LogP contribution in [0, 0.1) is 0 Å². The molecule has 22 heavy (non-hydrogen) atoms. The predicted octanol–water partition coefficient (Wildman–Crippen LogP) is 3.61. The minimum absolute atomic E-state index is 0.253. The lowest BCUT2D eigenvalue weighted by molar-refractivity contribution is 0.0600. The van der Waals surface area contributed by atoms with Crippen molar-refractivity contribution < 1.29 is 14.3 Å². The summed E-state index contributed by atoms with van der Waals surface area (Å²) in [4.78, 5) is 23.5. The smallest absolute Gasteiger partial charge is 0.337 e. The van der Waals surface area contributed by atoms with E-state index in [4.69, 9.17) is 28.9 Å². The summed E-state index contributed by atoms with van der Waals surface area (Å²) in [5.41, 5.74) is 7.04. The molecule has 0 radical (unpaired) electrons. The molecular formula is C15H12Cl2N2O3. The van der Waals surface area contributed by atoms with Gasteiger partial charge in [-0.25, -0.2) is 4.79 Å². The summed E-state index contributed by atoms with van der Waals surface area (Å²) in [6, 6.07) is 9.05. The van der Waals surface area contributed by atoms with Crippen LogP contribution < -0.4 is 11.1 Å². The maximum atomic E-state index is 12.1. The monoisotopic (exact) mass is 338 g/mol. The summed E-state index contributed by atoms with van der Waals surface area (Å²) in [6.07, 6.45) is 0. The normalized spacial score (nSPS) is 10.1. The van der Waals surface area contributed by atoms with Gasteiger partial charge in [0.05, 0.1) is 28.4 Å². The number of hydrogen-bond donors (Lipinski definition) is 2. The van der Waals surface area contributed by atoms with Crippen LogP contribution in [0.5, 0.6) is 0 Å². The van der Waals surface area contributed by atoms with Gasteiger partial charge >= 0.3 is 5.97 Å². The number of halogens is 2. The van der Waals surface area contributed by atoms with E-state index < -0.39 is 5.97 Å². The van der Waals surface area contributed by atoms with Crippen molar-refractivity contribution in [2.45, 2.75) is 0 Å². The molecule has 0 fully saturated rings. The third-order valence-corrected chi connectivity index (χ3v) is 3.53. The molecule has 0 heterocycles. The molecule has 0 atom stereocenters. The van der Waals surface area contributed by atoms with E-state index in [0.29, 0.717) is 16.8 Å². The molecule has 2 rings (SSSR count). The molecule has 0 bridgehead atoms. The number of anilines is 2. The quantitative estimate of drug-likeness (QED) is 0.661. The molecule has 0 spiro atoms. The van der Waals surface area contributed by atoms with Crippen molar-refractivity contribution in [3.8, 4) is 0 Å². The van der Waals surface area contributed by atoms with Gasteiger partial charge < -0.3 is 15.8 Å². The zero-order valence-corrected chi connectivity index (χ0v) is 13.0. The Morgan fingerprint density at radius 2 is 1.55 bits per heavy atom. The number of methoxy groups -OCH3 is 1. The molecule has 0 aliphatic rings. The lowest BCUT2D eigenvalue weighted by Gasteiger charge is -2.09. The van der Waals surface area contributed by atoms with Crippen molar-refractivity contribution >= 4 is 46.5 Å². The fourth-order valence-electron chi connectivity index (χ4n) is 1.74. The van der Waals surface area contributed by atoms with Crippen molar-refractivity contribution in [1.29, 1.82) is 0 Å². The number of ether oxygens (including phenoxy) is 1. The molecule has 5 nitrogen and oxygen atoms in total. The third kappa shape index (κ3) is 3.50.